The molecular weight excluding hydrogens is 242 g/mol. The molecule has 0 aliphatic rings. The maximum absolute atomic E-state index is 10.5. The number of alkyl halides is 1. The topological polar surface area (TPSA) is 69.6 Å². The molecule has 0 fully saturated rings. The molecule has 1 aromatic rings. The van der Waals surface area contributed by atoms with Gasteiger partial charge in [0, 0.05) is 12.3 Å². The van der Waals surface area contributed by atoms with Crippen LogP contribution in [0.1, 0.15) is 18.4 Å². The number of hydrogen-bond donors (Lipinski definition) is 3. The lowest BCUT2D eigenvalue weighted by molar-refractivity contribution is 0.209. The van der Waals surface area contributed by atoms with Crippen molar-refractivity contribution in [2.75, 3.05) is 11.2 Å². The van der Waals surface area contributed by atoms with Crippen LogP contribution in [0.4, 0.5) is 10.5 Å². The van der Waals surface area contributed by atoms with Gasteiger partial charge in [-0.1, -0.05) is 11.8 Å². The smallest absolute Gasteiger partial charge is 0.409 e. The molecule has 0 aliphatic heterocycles. The van der Waals surface area contributed by atoms with Gasteiger partial charge >= 0.3 is 6.09 Å². The Kier molecular flexibility index (Phi) is 5.18. The monoisotopic (exact) mass is 253 g/mol. The highest BCUT2D eigenvalue weighted by Gasteiger charge is 2.04. The number of benzene rings is 1. The second kappa shape index (κ2) is 6.66. The van der Waals surface area contributed by atoms with Gasteiger partial charge < -0.3 is 10.2 Å². The van der Waals surface area contributed by atoms with Crippen LogP contribution in [0.3, 0.4) is 0 Å². The number of anilines is 1. The van der Waals surface area contributed by atoms with Gasteiger partial charge in [0.1, 0.15) is 5.75 Å². The number of phenolic OH excluding ortho intramolecular Hbond substituents is 1. The normalized spacial score (nSPS) is 9.24. The summed E-state index contributed by atoms with van der Waals surface area (Å²) in [6.45, 7) is 0. The maximum Gasteiger partial charge on any atom is 0.409 e. The quantitative estimate of drug-likeness (QED) is 0.336. The Morgan fingerprint density at radius 3 is 2.88 bits per heavy atom. The molecule has 17 heavy (non-hydrogen) atoms. The van der Waals surface area contributed by atoms with E-state index in [0.717, 1.165) is 6.42 Å². The maximum atomic E-state index is 10.5. The highest BCUT2D eigenvalue weighted by Crippen LogP contribution is 2.20. The first-order valence-corrected chi connectivity index (χ1v) is 5.54. The van der Waals surface area contributed by atoms with Crippen molar-refractivity contribution in [2.45, 2.75) is 12.8 Å². The number of hydrogen-bond acceptors (Lipinski definition) is 2. The first-order chi connectivity index (χ1) is 8.13. The van der Waals surface area contributed by atoms with Crippen molar-refractivity contribution in [1.29, 1.82) is 0 Å². The van der Waals surface area contributed by atoms with Crippen LogP contribution in [0.15, 0.2) is 18.2 Å². The average Bonchev–Trinajstić information content (AvgIpc) is 2.27. The van der Waals surface area contributed by atoms with Gasteiger partial charge in [-0.05, 0) is 24.6 Å². The number of unbranched alkanes of at least 4 members (excludes halogenated alkanes) is 1. The lowest BCUT2D eigenvalue weighted by Gasteiger charge is -2.04. The molecule has 0 unspecified atom stereocenters. The van der Waals surface area contributed by atoms with Crippen molar-refractivity contribution < 1.29 is 15.0 Å². The standard InChI is InChI=1S/C12H12ClNO3/c13-7-3-1-2-4-9-8-10(15)5-6-11(9)14-12(16)17/h5-6,8,14-15H,1,3,7H2,(H,16,17). The van der Waals surface area contributed by atoms with Gasteiger partial charge in [0.2, 0.25) is 0 Å². The Hall–Kier alpha value is -1.86. The van der Waals surface area contributed by atoms with Crippen molar-refractivity contribution in [3.05, 3.63) is 23.8 Å². The average molecular weight is 254 g/mol. The van der Waals surface area contributed by atoms with Crippen LogP contribution < -0.4 is 5.32 Å². The van der Waals surface area contributed by atoms with E-state index in [2.05, 4.69) is 17.2 Å². The van der Waals surface area contributed by atoms with Crippen LogP contribution in [-0.2, 0) is 0 Å². The van der Waals surface area contributed by atoms with E-state index in [1.165, 1.54) is 18.2 Å². The number of phenols is 1. The predicted molar refractivity (Wildman–Crippen MR) is 66.6 cm³/mol. The van der Waals surface area contributed by atoms with Gasteiger partial charge in [-0.15, -0.1) is 11.6 Å². The second-order valence-electron chi connectivity index (χ2n) is 3.25. The van der Waals surface area contributed by atoms with Gasteiger partial charge in [-0.2, -0.15) is 0 Å². The largest absolute Gasteiger partial charge is 0.508 e. The number of carbonyl (C=O) groups is 1. The Morgan fingerprint density at radius 1 is 1.47 bits per heavy atom. The molecule has 0 saturated carbocycles. The van der Waals surface area contributed by atoms with Crippen LogP contribution >= 0.6 is 11.6 Å². The summed E-state index contributed by atoms with van der Waals surface area (Å²) < 4.78 is 0. The van der Waals surface area contributed by atoms with E-state index in [4.69, 9.17) is 16.7 Å². The van der Waals surface area contributed by atoms with Crippen molar-refractivity contribution >= 4 is 23.4 Å². The minimum Gasteiger partial charge on any atom is -0.508 e. The van der Waals surface area contributed by atoms with Crippen molar-refractivity contribution in [2.24, 2.45) is 0 Å². The summed E-state index contributed by atoms with van der Waals surface area (Å²) in [5.74, 6) is 6.25. The van der Waals surface area contributed by atoms with E-state index in [9.17, 15) is 9.90 Å². The van der Waals surface area contributed by atoms with Gasteiger partial charge in [0.15, 0.2) is 0 Å². The summed E-state index contributed by atoms with van der Waals surface area (Å²) in [4.78, 5) is 10.5. The molecule has 0 heterocycles. The van der Waals surface area contributed by atoms with E-state index in [0.29, 0.717) is 23.6 Å². The molecule has 4 nitrogen and oxygen atoms in total. The number of halogens is 1. The fourth-order valence-corrected chi connectivity index (χ4v) is 1.31. The van der Waals surface area contributed by atoms with Crippen molar-refractivity contribution in [3.63, 3.8) is 0 Å². The summed E-state index contributed by atoms with van der Waals surface area (Å²) in [7, 11) is 0. The molecular formula is C12H12ClNO3. The van der Waals surface area contributed by atoms with E-state index in [-0.39, 0.29) is 5.75 Å². The Labute approximate surface area is 104 Å². The summed E-state index contributed by atoms with van der Waals surface area (Å²) in [6.07, 6.45) is 0.236. The third kappa shape index (κ3) is 4.66. The number of rotatable bonds is 3. The zero-order valence-electron chi connectivity index (χ0n) is 9.03. The third-order valence-electron chi connectivity index (χ3n) is 1.90. The summed E-state index contributed by atoms with van der Waals surface area (Å²) in [5, 5.41) is 20.2. The van der Waals surface area contributed by atoms with E-state index in [1.807, 2.05) is 0 Å². The minimum atomic E-state index is -1.17. The fourth-order valence-electron chi connectivity index (χ4n) is 1.17. The third-order valence-corrected chi connectivity index (χ3v) is 2.17. The first kappa shape index (κ1) is 13.2. The minimum absolute atomic E-state index is 0.0441. The molecule has 1 aromatic carbocycles. The summed E-state index contributed by atoms with van der Waals surface area (Å²) >= 11 is 5.51. The molecule has 1 rings (SSSR count). The predicted octanol–water partition coefficient (Wildman–Crippen LogP) is 2.85. The molecule has 0 aliphatic carbocycles. The molecule has 3 N–H and O–H groups in total. The Balaban J connectivity index is 2.89. The van der Waals surface area contributed by atoms with Crippen molar-refractivity contribution in [3.8, 4) is 17.6 Å². The fraction of sp³-hybridized carbons (Fsp3) is 0.250. The molecule has 5 heteroatoms. The molecule has 0 atom stereocenters. The molecule has 0 radical (unpaired) electrons. The van der Waals surface area contributed by atoms with E-state index in [1.54, 1.807) is 0 Å². The summed E-state index contributed by atoms with van der Waals surface area (Å²) in [5.41, 5.74) is 0.802. The highest BCUT2D eigenvalue weighted by atomic mass is 35.5. The van der Waals surface area contributed by atoms with Crippen molar-refractivity contribution in [1.82, 2.24) is 0 Å². The van der Waals surface area contributed by atoms with Gasteiger partial charge in [0.05, 0.1) is 11.3 Å². The van der Waals surface area contributed by atoms with Crippen LogP contribution in [0.25, 0.3) is 0 Å². The van der Waals surface area contributed by atoms with Crippen LogP contribution in [0.5, 0.6) is 5.75 Å². The number of nitrogens with one attached hydrogen (secondary N) is 1. The summed E-state index contributed by atoms with van der Waals surface area (Å²) in [6, 6.07) is 4.28. The SMILES string of the molecule is O=C(O)Nc1ccc(O)cc1C#CCCCCl. The van der Waals surface area contributed by atoms with Gasteiger partial charge in [-0.25, -0.2) is 4.79 Å². The Morgan fingerprint density at radius 2 is 2.24 bits per heavy atom. The number of amides is 1. The zero-order valence-corrected chi connectivity index (χ0v) is 9.79. The lowest BCUT2D eigenvalue weighted by atomic mass is 10.1. The van der Waals surface area contributed by atoms with Crippen LogP contribution in [0, 0.1) is 11.8 Å². The zero-order chi connectivity index (χ0) is 12.7. The van der Waals surface area contributed by atoms with Gasteiger partial charge in [0.25, 0.3) is 0 Å². The molecule has 0 spiro atoms. The molecule has 1 amide bonds. The van der Waals surface area contributed by atoms with Crippen LogP contribution in [-0.4, -0.2) is 22.2 Å². The van der Waals surface area contributed by atoms with E-state index >= 15 is 0 Å². The highest BCUT2D eigenvalue weighted by molar-refractivity contribution is 6.17. The Bertz CT molecular complexity index is 463. The van der Waals surface area contributed by atoms with Gasteiger partial charge in [-0.3, -0.25) is 5.32 Å². The number of carboxylic acid groups (broad SMARTS) is 1. The first-order valence-electron chi connectivity index (χ1n) is 5.01. The lowest BCUT2D eigenvalue weighted by Crippen LogP contribution is -2.08. The number of aromatic hydroxyl groups is 1. The second-order valence-corrected chi connectivity index (χ2v) is 3.63. The van der Waals surface area contributed by atoms with Crippen LogP contribution in [0.2, 0.25) is 0 Å². The molecule has 0 bridgehead atoms. The molecule has 0 aromatic heterocycles. The molecule has 90 valence electrons. The molecule has 0 saturated heterocycles. The van der Waals surface area contributed by atoms with E-state index < -0.39 is 6.09 Å².